The molecule has 1 aromatic heterocycles. The zero-order valence-corrected chi connectivity index (χ0v) is 18.4. The summed E-state index contributed by atoms with van der Waals surface area (Å²) >= 11 is 1.58. The number of rotatable bonds is 5. The molecule has 2 heterocycles. The van der Waals surface area contributed by atoms with Gasteiger partial charge >= 0.3 is 0 Å². The van der Waals surface area contributed by atoms with Crippen molar-refractivity contribution >= 4 is 29.3 Å². The van der Waals surface area contributed by atoms with Crippen LogP contribution in [0.3, 0.4) is 0 Å². The normalized spacial score (nSPS) is 15.5. The van der Waals surface area contributed by atoms with Crippen molar-refractivity contribution < 1.29 is 4.79 Å². The molecule has 6 nitrogen and oxygen atoms in total. The van der Waals surface area contributed by atoms with E-state index in [-0.39, 0.29) is 11.9 Å². The molecule has 7 heteroatoms. The van der Waals surface area contributed by atoms with Crippen molar-refractivity contribution in [3.63, 3.8) is 0 Å². The Labute approximate surface area is 180 Å². The van der Waals surface area contributed by atoms with Crippen molar-refractivity contribution in [2.75, 3.05) is 16.4 Å². The Kier molecular flexibility index (Phi) is 5.63. The number of nitrogens with zero attached hydrogens (tertiary/aromatic N) is 3. The van der Waals surface area contributed by atoms with Crippen LogP contribution < -0.4 is 10.6 Å². The average Bonchev–Trinajstić information content (AvgIpc) is 3.11. The Morgan fingerprint density at radius 3 is 2.57 bits per heavy atom. The number of aromatic nitrogens is 3. The van der Waals surface area contributed by atoms with Crippen molar-refractivity contribution in [2.45, 2.75) is 38.9 Å². The lowest BCUT2D eigenvalue weighted by Crippen LogP contribution is -2.31. The summed E-state index contributed by atoms with van der Waals surface area (Å²) in [5, 5.41) is 11.8. The van der Waals surface area contributed by atoms with Gasteiger partial charge in [0, 0.05) is 11.4 Å². The van der Waals surface area contributed by atoms with Crippen LogP contribution in [-0.4, -0.2) is 26.4 Å². The number of fused-ring (bicyclic) bond motifs is 1. The van der Waals surface area contributed by atoms with Crippen molar-refractivity contribution in [3.8, 4) is 0 Å². The van der Waals surface area contributed by atoms with Crippen LogP contribution in [0.15, 0.2) is 65.0 Å². The number of anilines is 2. The summed E-state index contributed by atoms with van der Waals surface area (Å²) < 4.78 is 1.82. The Bertz CT molecular complexity index is 1120. The van der Waals surface area contributed by atoms with E-state index in [9.17, 15) is 4.79 Å². The number of amides is 1. The van der Waals surface area contributed by atoms with Crippen LogP contribution in [0, 0.1) is 13.8 Å². The molecule has 1 amide bonds. The summed E-state index contributed by atoms with van der Waals surface area (Å²) in [7, 11) is 0. The fourth-order valence-corrected chi connectivity index (χ4v) is 4.13. The van der Waals surface area contributed by atoms with Gasteiger partial charge in [0.1, 0.15) is 6.04 Å². The van der Waals surface area contributed by atoms with Gasteiger partial charge in [-0.05, 0) is 43.7 Å². The number of aryl methyl sites for hydroxylation is 2. The molecule has 1 aliphatic rings. The molecule has 0 spiro atoms. The first kappa shape index (κ1) is 20.2. The molecule has 2 aromatic carbocycles. The molecule has 30 heavy (non-hydrogen) atoms. The van der Waals surface area contributed by atoms with E-state index in [0.717, 1.165) is 28.3 Å². The molecule has 4 rings (SSSR count). The molecule has 0 saturated heterocycles. The third-order valence-corrected chi connectivity index (χ3v) is 5.86. The molecule has 0 fully saturated rings. The highest BCUT2D eigenvalue weighted by molar-refractivity contribution is 7.99. The van der Waals surface area contributed by atoms with Gasteiger partial charge < -0.3 is 10.6 Å². The van der Waals surface area contributed by atoms with Gasteiger partial charge in [0.05, 0.1) is 5.57 Å². The van der Waals surface area contributed by atoms with Gasteiger partial charge in [-0.25, -0.2) is 4.68 Å². The Hall–Kier alpha value is -3.06. The topological polar surface area (TPSA) is 71.8 Å². The average molecular weight is 420 g/mol. The van der Waals surface area contributed by atoms with E-state index in [1.165, 1.54) is 5.56 Å². The molecule has 2 N–H and O–H groups in total. The van der Waals surface area contributed by atoms with Crippen LogP contribution >= 0.6 is 11.8 Å². The highest BCUT2D eigenvalue weighted by atomic mass is 32.2. The van der Waals surface area contributed by atoms with E-state index >= 15 is 0 Å². The molecule has 0 bridgehead atoms. The molecule has 0 saturated carbocycles. The number of carbonyl (C=O) groups is 1. The Morgan fingerprint density at radius 1 is 1.13 bits per heavy atom. The monoisotopic (exact) mass is 419 g/mol. The summed E-state index contributed by atoms with van der Waals surface area (Å²) in [5.41, 5.74) is 5.39. The molecular weight excluding hydrogens is 394 g/mol. The van der Waals surface area contributed by atoms with Gasteiger partial charge in [-0.3, -0.25) is 4.79 Å². The van der Waals surface area contributed by atoms with Gasteiger partial charge in [-0.1, -0.05) is 66.7 Å². The van der Waals surface area contributed by atoms with Gasteiger partial charge in [-0.15, -0.1) is 5.10 Å². The number of hydrogen-bond donors (Lipinski definition) is 2. The maximum atomic E-state index is 13.4. The minimum Gasteiger partial charge on any atom is -0.328 e. The zero-order valence-electron chi connectivity index (χ0n) is 17.6. The van der Waals surface area contributed by atoms with E-state index in [0.29, 0.717) is 16.7 Å². The predicted octanol–water partition coefficient (Wildman–Crippen LogP) is 4.93. The minimum absolute atomic E-state index is 0.147. The lowest BCUT2D eigenvalue weighted by Gasteiger charge is -2.29. The maximum absolute atomic E-state index is 13.4. The quantitative estimate of drug-likeness (QED) is 0.574. The summed E-state index contributed by atoms with van der Waals surface area (Å²) in [6.45, 7) is 8.02. The van der Waals surface area contributed by atoms with E-state index in [2.05, 4.69) is 53.7 Å². The van der Waals surface area contributed by atoms with Gasteiger partial charge in [0.2, 0.25) is 11.1 Å². The van der Waals surface area contributed by atoms with Crippen LogP contribution in [0.2, 0.25) is 0 Å². The van der Waals surface area contributed by atoms with E-state index in [4.69, 9.17) is 5.10 Å². The number of hydrogen-bond acceptors (Lipinski definition) is 5. The first-order valence-corrected chi connectivity index (χ1v) is 11.0. The largest absolute Gasteiger partial charge is 0.328 e. The first-order chi connectivity index (χ1) is 14.5. The molecule has 154 valence electrons. The molecule has 0 aliphatic carbocycles. The van der Waals surface area contributed by atoms with Crippen LogP contribution in [0.4, 0.5) is 11.6 Å². The lowest BCUT2D eigenvalue weighted by atomic mass is 9.94. The second kappa shape index (κ2) is 8.36. The fraction of sp³-hybridized carbons (Fsp3) is 0.261. The summed E-state index contributed by atoms with van der Waals surface area (Å²) in [6.07, 6.45) is 0. The number of para-hydroxylation sites is 1. The Balaban J connectivity index is 1.78. The highest BCUT2D eigenvalue weighted by Gasteiger charge is 2.34. The number of thioether (sulfide) groups is 1. The van der Waals surface area contributed by atoms with Crippen LogP contribution in [-0.2, 0) is 4.79 Å². The van der Waals surface area contributed by atoms with Gasteiger partial charge in [0.15, 0.2) is 0 Å². The second-order valence-corrected chi connectivity index (χ2v) is 8.57. The van der Waals surface area contributed by atoms with Crippen LogP contribution in [0.5, 0.6) is 0 Å². The smallest absolute Gasteiger partial charge is 0.255 e. The summed E-state index contributed by atoms with van der Waals surface area (Å²) in [5.74, 6) is 1.39. The Morgan fingerprint density at radius 2 is 1.87 bits per heavy atom. The zero-order chi connectivity index (χ0) is 21.3. The minimum atomic E-state index is -0.357. The van der Waals surface area contributed by atoms with E-state index in [1.807, 2.05) is 42.8 Å². The molecule has 0 radical (unpaired) electrons. The first-order valence-electron chi connectivity index (χ1n) is 9.98. The third-order valence-electron chi connectivity index (χ3n) is 5.14. The predicted molar refractivity (Wildman–Crippen MR) is 122 cm³/mol. The lowest BCUT2D eigenvalue weighted by molar-refractivity contribution is -0.113. The van der Waals surface area contributed by atoms with Gasteiger partial charge in [-0.2, -0.15) is 4.98 Å². The van der Waals surface area contributed by atoms with Gasteiger partial charge in [0.25, 0.3) is 5.91 Å². The number of carbonyl (C=O) groups excluding carboxylic acids is 1. The SMILES string of the molecule is CCSc1nc2n(n1)C(c1ccc(C)cc1)C(C(=O)Nc1ccccc1C)=C(C)N2. The third kappa shape index (κ3) is 3.85. The molecule has 3 aromatic rings. The summed E-state index contributed by atoms with van der Waals surface area (Å²) in [4.78, 5) is 18.1. The van der Waals surface area contributed by atoms with Crippen LogP contribution in [0.25, 0.3) is 0 Å². The number of benzene rings is 2. The maximum Gasteiger partial charge on any atom is 0.255 e. The molecule has 1 atom stereocenters. The highest BCUT2D eigenvalue weighted by Crippen LogP contribution is 2.36. The van der Waals surface area contributed by atoms with E-state index < -0.39 is 0 Å². The van der Waals surface area contributed by atoms with Crippen LogP contribution in [0.1, 0.15) is 36.6 Å². The van der Waals surface area contributed by atoms with Crippen molar-refractivity contribution in [3.05, 3.63) is 76.5 Å². The van der Waals surface area contributed by atoms with E-state index in [1.54, 1.807) is 11.8 Å². The molecule has 1 aliphatic heterocycles. The van der Waals surface area contributed by atoms with Crippen molar-refractivity contribution in [1.82, 2.24) is 14.8 Å². The second-order valence-electron chi connectivity index (χ2n) is 7.34. The summed E-state index contributed by atoms with van der Waals surface area (Å²) in [6, 6.07) is 15.6. The molecular formula is C23H25N5OS. The van der Waals surface area contributed by atoms with Crippen molar-refractivity contribution in [2.24, 2.45) is 0 Å². The standard InChI is InChI=1S/C23H25N5OS/c1-5-30-23-26-22-24-16(4)19(21(29)25-18-9-7-6-8-15(18)3)20(28(22)27-23)17-12-10-14(2)11-13-17/h6-13,20H,5H2,1-4H3,(H,25,29)(H,24,26,27). The number of nitrogens with one attached hydrogen (secondary N) is 2. The number of allylic oxidation sites excluding steroid dienone is 1. The fourth-order valence-electron chi connectivity index (χ4n) is 3.58. The van der Waals surface area contributed by atoms with Crippen molar-refractivity contribution in [1.29, 1.82) is 0 Å². The molecule has 1 unspecified atom stereocenters.